The Morgan fingerprint density at radius 2 is 2.06 bits per heavy atom. The molecular formula is C21H19N3O6S. The number of rotatable bonds is 9. The van der Waals surface area contributed by atoms with Gasteiger partial charge in [0.2, 0.25) is 5.91 Å². The Kier molecular flexibility index (Phi) is 5.99. The molecule has 0 saturated carbocycles. The lowest BCUT2D eigenvalue weighted by Crippen LogP contribution is -2.30. The molecule has 0 fully saturated rings. The number of aryl methyl sites for hydroxylation is 1. The number of thiophene rings is 1. The Morgan fingerprint density at radius 1 is 1.19 bits per heavy atom. The number of furan rings is 1. The zero-order valence-electron chi connectivity index (χ0n) is 16.4. The molecule has 0 aliphatic carbocycles. The van der Waals surface area contributed by atoms with E-state index in [1.807, 2.05) is 23.6 Å². The molecule has 0 unspecified atom stereocenters. The van der Waals surface area contributed by atoms with E-state index in [2.05, 4.69) is 0 Å². The van der Waals surface area contributed by atoms with Crippen molar-refractivity contribution in [2.45, 2.75) is 32.5 Å². The van der Waals surface area contributed by atoms with E-state index in [1.165, 1.54) is 22.8 Å². The number of carbonyl (C=O) groups is 1. The number of carbonyl (C=O) groups excluding carboxylic acids is 1. The highest BCUT2D eigenvalue weighted by Crippen LogP contribution is 2.21. The summed E-state index contributed by atoms with van der Waals surface area (Å²) in [6.07, 6.45) is 2.23. The van der Waals surface area contributed by atoms with E-state index in [0.29, 0.717) is 30.8 Å². The van der Waals surface area contributed by atoms with Crippen molar-refractivity contribution in [3.8, 4) is 0 Å². The summed E-state index contributed by atoms with van der Waals surface area (Å²) in [5.41, 5.74) is 0.475. The van der Waals surface area contributed by atoms with Crippen molar-refractivity contribution < 1.29 is 18.6 Å². The SMILES string of the molecule is O=C(CCCn1c(=O)oc2cc([N+](=O)[O-])ccc21)N(Cc1ccco1)Cc1cccs1. The number of hydrogen-bond donors (Lipinski definition) is 0. The summed E-state index contributed by atoms with van der Waals surface area (Å²) in [4.78, 5) is 38.2. The third-order valence-corrected chi connectivity index (χ3v) is 5.70. The van der Waals surface area contributed by atoms with Gasteiger partial charge in [0.25, 0.3) is 5.69 Å². The van der Waals surface area contributed by atoms with E-state index in [9.17, 15) is 19.7 Å². The molecule has 3 heterocycles. The van der Waals surface area contributed by atoms with Crippen LogP contribution in [0.2, 0.25) is 0 Å². The third kappa shape index (κ3) is 4.75. The Morgan fingerprint density at radius 3 is 2.77 bits per heavy atom. The van der Waals surface area contributed by atoms with Gasteiger partial charge in [0.1, 0.15) is 5.76 Å². The first kappa shape index (κ1) is 20.6. The second-order valence-electron chi connectivity index (χ2n) is 6.94. The van der Waals surface area contributed by atoms with Gasteiger partial charge in [-0.3, -0.25) is 19.5 Å². The van der Waals surface area contributed by atoms with Gasteiger partial charge in [-0.15, -0.1) is 11.3 Å². The van der Waals surface area contributed by atoms with Crippen LogP contribution in [0.1, 0.15) is 23.5 Å². The van der Waals surface area contributed by atoms with Crippen LogP contribution in [0, 0.1) is 10.1 Å². The lowest BCUT2D eigenvalue weighted by atomic mass is 10.2. The summed E-state index contributed by atoms with van der Waals surface area (Å²) in [5, 5.41) is 12.9. The first-order valence-electron chi connectivity index (χ1n) is 9.61. The maximum Gasteiger partial charge on any atom is 0.419 e. The summed E-state index contributed by atoms with van der Waals surface area (Å²) >= 11 is 1.58. The first-order chi connectivity index (χ1) is 15.0. The van der Waals surface area contributed by atoms with Gasteiger partial charge in [0.15, 0.2) is 5.58 Å². The molecular weight excluding hydrogens is 422 g/mol. The van der Waals surface area contributed by atoms with Crippen LogP contribution < -0.4 is 5.76 Å². The maximum absolute atomic E-state index is 12.9. The van der Waals surface area contributed by atoms with Gasteiger partial charge >= 0.3 is 5.76 Å². The molecule has 0 spiro atoms. The molecule has 160 valence electrons. The number of hydrogen-bond acceptors (Lipinski definition) is 7. The summed E-state index contributed by atoms with van der Waals surface area (Å²) in [6, 6.07) is 11.6. The highest BCUT2D eigenvalue weighted by molar-refractivity contribution is 7.09. The Hall–Kier alpha value is -3.66. The molecule has 9 nitrogen and oxygen atoms in total. The van der Waals surface area contributed by atoms with Gasteiger partial charge in [-0.2, -0.15) is 0 Å². The molecule has 0 saturated heterocycles. The zero-order valence-corrected chi connectivity index (χ0v) is 17.2. The van der Waals surface area contributed by atoms with Crippen molar-refractivity contribution in [2.75, 3.05) is 0 Å². The van der Waals surface area contributed by atoms with Gasteiger partial charge < -0.3 is 13.7 Å². The monoisotopic (exact) mass is 441 g/mol. The fraction of sp³-hybridized carbons (Fsp3) is 0.238. The third-order valence-electron chi connectivity index (χ3n) is 4.84. The number of benzene rings is 1. The average Bonchev–Trinajstić information content (AvgIpc) is 3.49. The second kappa shape index (κ2) is 9.00. The van der Waals surface area contributed by atoms with Crippen LogP contribution in [0.3, 0.4) is 0 Å². The lowest BCUT2D eigenvalue weighted by Gasteiger charge is -2.21. The quantitative estimate of drug-likeness (QED) is 0.285. The zero-order chi connectivity index (χ0) is 21.8. The molecule has 0 aliphatic heterocycles. The molecule has 0 N–H and O–H groups in total. The van der Waals surface area contributed by atoms with Crippen LogP contribution in [0.4, 0.5) is 5.69 Å². The van der Waals surface area contributed by atoms with Crippen LogP contribution in [-0.4, -0.2) is 20.3 Å². The summed E-state index contributed by atoms with van der Waals surface area (Å²) < 4.78 is 11.9. The molecule has 0 aliphatic rings. The Bertz CT molecular complexity index is 1200. The summed E-state index contributed by atoms with van der Waals surface area (Å²) in [5.74, 6) is 0.0406. The van der Waals surface area contributed by atoms with Crippen molar-refractivity contribution in [3.63, 3.8) is 0 Å². The Balaban J connectivity index is 1.43. The van der Waals surface area contributed by atoms with Crippen molar-refractivity contribution >= 4 is 34.0 Å². The molecule has 0 atom stereocenters. The molecule has 4 aromatic rings. The number of fused-ring (bicyclic) bond motifs is 1. The first-order valence-corrected chi connectivity index (χ1v) is 10.5. The number of non-ortho nitro benzene ring substituents is 1. The number of oxazole rings is 1. The average molecular weight is 441 g/mol. The van der Waals surface area contributed by atoms with Crippen LogP contribution >= 0.6 is 11.3 Å². The molecule has 3 aromatic heterocycles. The van der Waals surface area contributed by atoms with Gasteiger partial charge in [-0.05, 0) is 36.1 Å². The standard InChI is InChI=1S/C21H19N3O6S/c25-20(22(13-16-4-2-10-29-16)14-17-5-3-11-31-17)6-1-9-23-18-8-7-15(24(27)28)12-19(18)30-21(23)26/h2-5,7-8,10-12H,1,6,9,13-14H2. The Labute approximate surface area is 180 Å². The van der Waals surface area contributed by atoms with E-state index >= 15 is 0 Å². The van der Waals surface area contributed by atoms with Crippen molar-refractivity contribution in [3.05, 3.63) is 85.4 Å². The summed E-state index contributed by atoms with van der Waals surface area (Å²) in [7, 11) is 0. The predicted molar refractivity (Wildman–Crippen MR) is 114 cm³/mol. The topological polar surface area (TPSA) is 112 Å². The normalized spacial score (nSPS) is 11.1. The van der Waals surface area contributed by atoms with Gasteiger partial charge in [-0.1, -0.05) is 6.07 Å². The van der Waals surface area contributed by atoms with Crippen LogP contribution in [-0.2, 0) is 24.4 Å². The largest absolute Gasteiger partial charge is 0.467 e. The minimum Gasteiger partial charge on any atom is -0.467 e. The van der Waals surface area contributed by atoms with E-state index in [-0.39, 0.29) is 30.1 Å². The van der Waals surface area contributed by atoms with Gasteiger partial charge in [0, 0.05) is 23.9 Å². The van der Waals surface area contributed by atoms with Crippen LogP contribution in [0.5, 0.6) is 0 Å². The van der Waals surface area contributed by atoms with Crippen molar-refractivity contribution in [1.29, 1.82) is 0 Å². The highest BCUT2D eigenvalue weighted by Gasteiger charge is 2.18. The van der Waals surface area contributed by atoms with Crippen LogP contribution in [0.25, 0.3) is 11.1 Å². The predicted octanol–water partition coefficient (Wildman–Crippen LogP) is 4.17. The fourth-order valence-corrected chi connectivity index (χ4v) is 4.06. The fourth-order valence-electron chi connectivity index (χ4n) is 3.34. The smallest absolute Gasteiger partial charge is 0.419 e. The molecule has 1 amide bonds. The van der Waals surface area contributed by atoms with Gasteiger partial charge in [-0.25, -0.2) is 4.79 Å². The van der Waals surface area contributed by atoms with E-state index in [0.717, 1.165) is 4.88 Å². The minimum absolute atomic E-state index is 0.0544. The number of nitrogens with zero attached hydrogens (tertiary/aromatic N) is 3. The van der Waals surface area contributed by atoms with E-state index in [1.54, 1.807) is 28.6 Å². The molecule has 1 aromatic carbocycles. The molecule has 0 bridgehead atoms. The van der Waals surface area contributed by atoms with E-state index < -0.39 is 10.7 Å². The number of nitro groups is 1. The lowest BCUT2D eigenvalue weighted by molar-refractivity contribution is -0.384. The number of amides is 1. The second-order valence-corrected chi connectivity index (χ2v) is 7.97. The van der Waals surface area contributed by atoms with Crippen molar-refractivity contribution in [1.82, 2.24) is 9.47 Å². The minimum atomic E-state index is -0.603. The molecule has 10 heteroatoms. The van der Waals surface area contributed by atoms with Gasteiger partial charge in [0.05, 0.1) is 35.9 Å². The van der Waals surface area contributed by atoms with Crippen LogP contribution in [0.15, 0.2) is 67.7 Å². The number of aromatic nitrogens is 1. The highest BCUT2D eigenvalue weighted by atomic mass is 32.1. The van der Waals surface area contributed by atoms with E-state index in [4.69, 9.17) is 8.83 Å². The van der Waals surface area contributed by atoms with Crippen molar-refractivity contribution in [2.24, 2.45) is 0 Å². The molecule has 4 rings (SSSR count). The number of nitro benzene ring substituents is 1. The maximum atomic E-state index is 12.9. The molecule has 31 heavy (non-hydrogen) atoms. The summed E-state index contributed by atoms with van der Waals surface area (Å²) in [6.45, 7) is 1.11. The molecule has 0 radical (unpaired) electrons.